The molecule has 1 aromatic carbocycles. The van der Waals surface area contributed by atoms with Crippen molar-refractivity contribution in [2.75, 3.05) is 19.7 Å². The molecule has 3 heteroatoms. The smallest absolute Gasteiger partial charge is 0.0431 e. The molecule has 0 aliphatic rings. The van der Waals surface area contributed by atoms with Crippen LogP contribution < -0.4 is 5.32 Å². The lowest BCUT2D eigenvalue weighted by Gasteiger charge is -2.27. The number of aliphatic hydroxyl groups is 1. The minimum absolute atomic E-state index is 0.110. The Kier molecular flexibility index (Phi) is 6.17. The number of unbranched alkanes of at least 4 members (excludes halogenated alkanes) is 1. The number of halogens is 1. The second-order valence-electron chi connectivity index (χ2n) is 4.97. The Morgan fingerprint density at radius 3 is 2.59 bits per heavy atom. The van der Waals surface area contributed by atoms with E-state index in [4.69, 9.17) is 5.11 Å². The number of rotatable bonds is 7. The minimum atomic E-state index is 0.110. The molecule has 0 saturated heterocycles. The van der Waals surface area contributed by atoms with Gasteiger partial charge in [-0.1, -0.05) is 48.0 Å². The van der Waals surface area contributed by atoms with Crippen LogP contribution in [0.2, 0.25) is 0 Å². The van der Waals surface area contributed by atoms with Gasteiger partial charge in [0.05, 0.1) is 0 Å². The van der Waals surface area contributed by atoms with Crippen LogP contribution in [-0.4, -0.2) is 24.8 Å². The maximum absolute atomic E-state index is 8.71. The summed E-state index contributed by atoms with van der Waals surface area (Å²) in [5.74, 6) is 0. The molecule has 0 atom stereocenters. The van der Waals surface area contributed by atoms with Crippen molar-refractivity contribution in [2.24, 2.45) is 0 Å². The molecule has 1 aromatic rings. The summed E-state index contributed by atoms with van der Waals surface area (Å²) < 4.78 is 1.17. The number of nitrogens with one attached hydrogen (secondary N) is 1. The third-order valence-corrected chi connectivity index (χ3v) is 3.62. The van der Waals surface area contributed by atoms with Crippen LogP contribution in [0.4, 0.5) is 0 Å². The molecule has 0 spiro atoms. The standard InChI is InChI=1S/C14H22BrNO/c1-14(2,11-16-9-5-6-10-17)12-7-3-4-8-13(12)15/h3-4,7-8,16-17H,5-6,9-11H2,1-2H3. The second kappa shape index (κ2) is 7.14. The molecular formula is C14H22BrNO. The van der Waals surface area contributed by atoms with E-state index in [1.54, 1.807) is 0 Å². The van der Waals surface area contributed by atoms with Crippen LogP contribution >= 0.6 is 15.9 Å². The molecule has 1 rings (SSSR count). The normalized spacial score (nSPS) is 11.8. The Balaban J connectivity index is 2.48. The van der Waals surface area contributed by atoms with Gasteiger partial charge in [-0.3, -0.25) is 0 Å². The van der Waals surface area contributed by atoms with Gasteiger partial charge in [0.15, 0.2) is 0 Å². The lowest BCUT2D eigenvalue weighted by atomic mass is 9.84. The number of aliphatic hydroxyl groups excluding tert-OH is 1. The summed E-state index contributed by atoms with van der Waals surface area (Å²) in [5, 5.41) is 12.2. The first kappa shape index (κ1) is 14.7. The van der Waals surface area contributed by atoms with Crippen molar-refractivity contribution in [3.8, 4) is 0 Å². The molecule has 0 aromatic heterocycles. The van der Waals surface area contributed by atoms with Gasteiger partial charge in [0.2, 0.25) is 0 Å². The molecule has 0 aliphatic carbocycles. The predicted molar refractivity (Wildman–Crippen MR) is 76.4 cm³/mol. The number of hydrogen-bond acceptors (Lipinski definition) is 2. The zero-order valence-electron chi connectivity index (χ0n) is 10.7. The van der Waals surface area contributed by atoms with Gasteiger partial charge in [0.1, 0.15) is 0 Å². The molecule has 0 bridgehead atoms. The van der Waals surface area contributed by atoms with Crippen molar-refractivity contribution in [3.63, 3.8) is 0 Å². The fraction of sp³-hybridized carbons (Fsp3) is 0.571. The Labute approximate surface area is 113 Å². The summed E-state index contributed by atoms with van der Waals surface area (Å²) in [6.07, 6.45) is 1.91. The van der Waals surface area contributed by atoms with Crippen LogP contribution in [0, 0.1) is 0 Å². The maximum atomic E-state index is 8.71. The van der Waals surface area contributed by atoms with Gasteiger partial charge >= 0.3 is 0 Å². The average Bonchev–Trinajstić information content (AvgIpc) is 2.29. The first-order valence-electron chi connectivity index (χ1n) is 6.14. The zero-order chi connectivity index (χ0) is 12.7. The monoisotopic (exact) mass is 299 g/mol. The van der Waals surface area contributed by atoms with E-state index in [0.29, 0.717) is 0 Å². The van der Waals surface area contributed by atoms with E-state index in [9.17, 15) is 0 Å². The predicted octanol–water partition coefficient (Wildman–Crippen LogP) is 3.09. The molecule has 0 unspecified atom stereocenters. The average molecular weight is 300 g/mol. The lowest BCUT2D eigenvalue weighted by Crippen LogP contribution is -2.33. The number of hydrogen-bond donors (Lipinski definition) is 2. The summed E-state index contributed by atoms with van der Waals surface area (Å²) in [7, 11) is 0. The quantitative estimate of drug-likeness (QED) is 0.759. The highest BCUT2D eigenvalue weighted by atomic mass is 79.9. The molecule has 17 heavy (non-hydrogen) atoms. The van der Waals surface area contributed by atoms with Gasteiger partial charge in [-0.25, -0.2) is 0 Å². The van der Waals surface area contributed by atoms with Crippen LogP contribution in [0.25, 0.3) is 0 Å². The van der Waals surface area contributed by atoms with Crippen molar-refractivity contribution in [1.82, 2.24) is 5.32 Å². The minimum Gasteiger partial charge on any atom is -0.396 e. The first-order chi connectivity index (χ1) is 8.08. The number of benzene rings is 1. The van der Waals surface area contributed by atoms with E-state index in [1.807, 2.05) is 6.07 Å². The van der Waals surface area contributed by atoms with Crippen molar-refractivity contribution in [1.29, 1.82) is 0 Å². The van der Waals surface area contributed by atoms with Crippen LogP contribution in [0.15, 0.2) is 28.7 Å². The van der Waals surface area contributed by atoms with Crippen LogP contribution in [0.3, 0.4) is 0 Å². The molecule has 0 aliphatic heterocycles. The summed E-state index contributed by atoms with van der Waals surface area (Å²) in [4.78, 5) is 0. The molecule has 2 N–H and O–H groups in total. The van der Waals surface area contributed by atoms with Gasteiger partial charge in [0.25, 0.3) is 0 Å². The topological polar surface area (TPSA) is 32.3 Å². The van der Waals surface area contributed by atoms with E-state index in [2.05, 4.69) is 53.3 Å². The molecule has 0 fully saturated rings. The van der Waals surface area contributed by atoms with Crippen molar-refractivity contribution >= 4 is 15.9 Å². The first-order valence-corrected chi connectivity index (χ1v) is 6.94. The van der Waals surface area contributed by atoms with E-state index >= 15 is 0 Å². The molecule has 2 nitrogen and oxygen atoms in total. The van der Waals surface area contributed by atoms with E-state index in [0.717, 1.165) is 25.9 Å². The fourth-order valence-electron chi connectivity index (χ4n) is 1.87. The SMILES string of the molecule is CC(C)(CNCCCCO)c1ccccc1Br. The second-order valence-corrected chi connectivity index (χ2v) is 5.83. The Bertz CT molecular complexity index is 339. The van der Waals surface area contributed by atoms with Gasteiger partial charge in [-0.15, -0.1) is 0 Å². The summed E-state index contributed by atoms with van der Waals surface area (Å²) in [5.41, 5.74) is 1.44. The van der Waals surface area contributed by atoms with Crippen molar-refractivity contribution in [2.45, 2.75) is 32.1 Å². The molecule has 0 radical (unpaired) electrons. The van der Waals surface area contributed by atoms with Gasteiger partial charge < -0.3 is 10.4 Å². The third kappa shape index (κ3) is 4.78. The molecule has 0 amide bonds. The Hall–Kier alpha value is -0.380. The van der Waals surface area contributed by atoms with Gasteiger partial charge in [0, 0.05) is 23.0 Å². The largest absolute Gasteiger partial charge is 0.396 e. The third-order valence-electron chi connectivity index (χ3n) is 2.93. The highest BCUT2D eigenvalue weighted by molar-refractivity contribution is 9.10. The van der Waals surface area contributed by atoms with Crippen LogP contribution in [0.5, 0.6) is 0 Å². The van der Waals surface area contributed by atoms with Gasteiger partial charge in [-0.05, 0) is 31.0 Å². The highest BCUT2D eigenvalue weighted by Crippen LogP contribution is 2.29. The maximum Gasteiger partial charge on any atom is 0.0431 e. The molecular weight excluding hydrogens is 278 g/mol. The lowest BCUT2D eigenvalue weighted by molar-refractivity contribution is 0.283. The van der Waals surface area contributed by atoms with E-state index in [1.165, 1.54) is 10.0 Å². The van der Waals surface area contributed by atoms with Crippen LogP contribution in [-0.2, 0) is 5.41 Å². The summed E-state index contributed by atoms with van der Waals surface area (Å²) in [6, 6.07) is 8.37. The Morgan fingerprint density at radius 2 is 1.94 bits per heavy atom. The van der Waals surface area contributed by atoms with E-state index in [-0.39, 0.29) is 12.0 Å². The zero-order valence-corrected chi connectivity index (χ0v) is 12.3. The molecule has 96 valence electrons. The molecule has 0 saturated carbocycles. The summed E-state index contributed by atoms with van der Waals surface area (Å²) >= 11 is 3.61. The van der Waals surface area contributed by atoms with Crippen molar-refractivity contribution < 1.29 is 5.11 Å². The fourth-order valence-corrected chi connectivity index (χ4v) is 2.69. The van der Waals surface area contributed by atoms with Crippen molar-refractivity contribution in [3.05, 3.63) is 34.3 Å². The summed E-state index contributed by atoms with van der Waals surface area (Å²) in [6.45, 7) is 6.68. The Morgan fingerprint density at radius 1 is 1.24 bits per heavy atom. The van der Waals surface area contributed by atoms with Gasteiger partial charge in [-0.2, -0.15) is 0 Å². The van der Waals surface area contributed by atoms with Crippen LogP contribution in [0.1, 0.15) is 32.3 Å². The van der Waals surface area contributed by atoms with E-state index < -0.39 is 0 Å². The highest BCUT2D eigenvalue weighted by Gasteiger charge is 2.21. The molecule has 0 heterocycles.